The summed E-state index contributed by atoms with van der Waals surface area (Å²) >= 11 is 1.38. The third-order valence-electron chi connectivity index (χ3n) is 3.12. The maximum atomic E-state index is 12.5. The summed E-state index contributed by atoms with van der Waals surface area (Å²) in [5.41, 5.74) is 7.99. The number of benzene rings is 1. The van der Waals surface area contributed by atoms with Crippen LogP contribution < -0.4 is 5.73 Å². The molecule has 2 heterocycles. The molecule has 0 unspecified atom stereocenters. The van der Waals surface area contributed by atoms with E-state index in [1.807, 2.05) is 30.3 Å². The third kappa shape index (κ3) is 2.85. The fraction of sp³-hybridized carbons (Fsp3) is 0.133. The third-order valence-corrected chi connectivity index (χ3v) is 3.97. The van der Waals surface area contributed by atoms with Crippen LogP contribution in [0.4, 0.5) is 5.13 Å². The Bertz CT molecular complexity index is 785. The van der Waals surface area contributed by atoms with Gasteiger partial charge in [0.15, 0.2) is 5.13 Å². The number of nitrogen functional groups attached to an aromatic ring is 1. The predicted octanol–water partition coefficient (Wildman–Crippen LogP) is 2.55. The molecule has 0 aliphatic carbocycles. The number of rotatable bonds is 3. The number of thiazole rings is 1. The molecule has 1 amide bonds. The van der Waals surface area contributed by atoms with Crippen LogP contribution >= 0.6 is 11.3 Å². The Labute approximate surface area is 126 Å². The van der Waals surface area contributed by atoms with E-state index in [9.17, 15) is 4.79 Å². The molecule has 0 atom stereocenters. The molecule has 0 saturated carbocycles. The SMILES string of the molecule is CN(Cc1ccccn1)C(=O)c1ccc2nc(N)sc2c1. The van der Waals surface area contributed by atoms with E-state index in [4.69, 9.17) is 5.73 Å². The van der Waals surface area contributed by atoms with Gasteiger partial charge < -0.3 is 10.6 Å². The lowest BCUT2D eigenvalue weighted by Gasteiger charge is -2.16. The highest BCUT2D eigenvalue weighted by Gasteiger charge is 2.14. The average Bonchev–Trinajstić information content (AvgIpc) is 2.86. The number of hydrogen-bond acceptors (Lipinski definition) is 5. The van der Waals surface area contributed by atoms with Crippen molar-refractivity contribution < 1.29 is 4.79 Å². The maximum Gasteiger partial charge on any atom is 0.253 e. The first-order chi connectivity index (χ1) is 10.1. The summed E-state index contributed by atoms with van der Waals surface area (Å²) in [6.45, 7) is 0.475. The van der Waals surface area contributed by atoms with E-state index in [1.54, 1.807) is 24.2 Å². The van der Waals surface area contributed by atoms with E-state index < -0.39 is 0 Å². The Morgan fingerprint density at radius 2 is 2.19 bits per heavy atom. The molecule has 0 radical (unpaired) electrons. The molecule has 2 N–H and O–H groups in total. The number of fused-ring (bicyclic) bond motifs is 1. The van der Waals surface area contributed by atoms with Gasteiger partial charge in [-0.25, -0.2) is 4.98 Å². The normalized spacial score (nSPS) is 10.7. The molecule has 21 heavy (non-hydrogen) atoms. The van der Waals surface area contributed by atoms with E-state index in [2.05, 4.69) is 9.97 Å². The molecule has 6 heteroatoms. The van der Waals surface area contributed by atoms with E-state index in [-0.39, 0.29) is 5.91 Å². The van der Waals surface area contributed by atoms with Gasteiger partial charge in [0.1, 0.15) is 0 Å². The first kappa shape index (κ1) is 13.5. The van der Waals surface area contributed by atoms with Crippen LogP contribution in [0.15, 0.2) is 42.6 Å². The van der Waals surface area contributed by atoms with E-state index in [0.717, 1.165) is 15.9 Å². The van der Waals surface area contributed by atoms with Crippen molar-refractivity contribution in [2.24, 2.45) is 0 Å². The molecule has 3 rings (SSSR count). The fourth-order valence-corrected chi connectivity index (χ4v) is 2.88. The molecule has 2 aromatic heterocycles. The zero-order valence-corrected chi connectivity index (χ0v) is 12.3. The highest BCUT2D eigenvalue weighted by atomic mass is 32.1. The number of nitrogens with zero attached hydrogens (tertiary/aromatic N) is 3. The number of anilines is 1. The van der Waals surface area contributed by atoms with Crippen molar-refractivity contribution in [3.8, 4) is 0 Å². The largest absolute Gasteiger partial charge is 0.375 e. The summed E-state index contributed by atoms with van der Waals surface area (Å²) in [5, 5.41) is 0.511. The summed E-state index contributed by atoms with van der Waals surface area (Å²) in [5.74, 6) is -0.0467. The number of nitrogens with two attached hydrogens (primary N) is 1. The van der Waals surface area contributed by atoms with Crippen molar-refractivity contribution in [2.75, 3.05) is 12.8 Å². The lowest BCUT2D eigenvalue weighted by atomic mass is 10.2. The minimum Gasteiger partial charge on any atom is -0.375 e. The molecule has 0 aliphatic heterocycles. The van der Waals surface area contributed by atoms with Crippen molar-refractivity contribution in [2.45, 2.75) is 6.54 Å². The van der Waals surface area contributed by atoms with Crippen LogP contribution in [-0.2, 0) is 6.54 Å². The van der Waals surface area contributed by atoms with Crippen molar-refractivity contribution >= 4 is 32.6 Å². The minimum absolute atomic E-state index is 0.0467. The van der Waals surface area contributed by atoms with Crippen molar-refractivity contribution in [1.29, 1.82) is 0 Å². The molecule has 5 nitrogen and oxygen atoms in total. The summed E-state index contributed by atoms with van der Waals surface area (Å²) in [7, 11) is 1.77. The Morgan fingerprint density at radius 1 is 1.33 bits per heavy atom. The Kier molecular flexibility index (Phi) is 3.53. The highest BCUT2D eigenvalue weighted by Crippen LogP contribution is 2.25. The second kappa shape index (κ2) is 5.49. The molecule has 106 valence electrons. The lowest BCUT2D eigenvalue weighted by molar-refractivity contribution is 0.0783. The van der Waals surface area contributed by atoms with Crippen molar-refractivity contribution in [3.63, 3.8) is 0 Å². The van der Waals surface area contributed by atoms with E-state index in [0.29, 0.717) is 17.2 Å². The minimum atomic E-state index is -0.0467. The summed E-state index contributed by atoms with van der Waals surface area (Å²) < 4.78 is 0.921. The van der Waals surface area contributed by atoms with Gasteiger partial charge in [0.2, 0.25) is 0 Å². The molecule has 0 saturated heterocycles. The zero-order valence-electron chi connectivity index (χ0n) is 11.5. The number of pyridine rings is 1. The fourth-order valence-electron chi connectivity index (χ4n) is 2.10. The molecular formula is C15H14N4OS. The van der Waals surface area contributed by atoms with Gasteiger partial charge in [0.25, 0.3) is 5.91 Å². The molecule has 3 aromatic rings. The standard InChI is InChI=1S/C15H14N4OS/c1-19(9-11-4-2-3-7-17-11)14(20)10-5-6-12-13(8-10)21-15(16)18-12/h2-8H,9H2,1H3,(H2,16,18). The van der Waals surface area contributed by atoms with Gasteiger partial charge in [-0.3, -0.25) is 9.78 Å². The molecule has 0 bridgehead atoms. The van der Waals surface area contributed by atoms with Gasteiger partial charge in [0.05, 0.1) is 22.5 Å². The lowest BCUT2D eigenvalue weighted by Crippen LogP contribution is -2.26. The highest BCUT2D eigenvalue weighted by molar-refractivity contribution is 7.22. The smallest absolute Gasteiger partial charge is 0.253 e. The second-order valence-corrected chi connectivity index (χ2v) is 5.78. The van der Waals surface area contributed by atoms with Crippen LogP contribution in [0.25, 0.3) is 10.2 Å². The van der Waals surface area contributed by atoms with Crippen LogP contribution in [0.2, 0.25) is 0 Å². The molecule has 1 aromatic carbocycles. The maximum absolute atomic E-state index is 12.5. The average molecular weight is 298 g/mol. The number of aromatic nitrogens is 2. The summed E-state index contributed by atoms with van der Waals surface area (Å²) in [6.07, 6.45) is 1.72. The zero-order chi connectivity index (χ0) is 14.8. The molecule has 0 fully saturated rings. The molecule has 0 spiro atoms. The number of carbonyl (C=O) groups excluding carboxylic acids is 1. The Balaban J connectivity index is 1.82. The van der Waals surface area contributed by atoms with Gasteiger partial charge in [-0.05, 0) is 30.3 Å². The number of carbonyl (C=O) groups is 1. The van der Waals surface area contributed by atoms with Crippen LogP contribution in [-0.4, -0.2) is 27.8 Å². The topological polar surface area (TPSA) is 72.1 Å². The van der Waals surface area contributed by atoms with Gasteiger partial charge in [-0.1, -0.05) is 17.4 Å². The summed E-state index contributed by atoms with van der Waals surface area (Å²) in [4.78, 5) is 22.5. The van der Waals surface area contributed by atoms with Crippen LogP contribution in [0.1, 0.15) is 16.1 Å². The number of hydrogen-bond donors (Lipinski definition) is 1. The van der Waals surface area contributed by atoms with Crippen molar-refractivity contribution in [3.05, 3.63) is 53.9 Å². The monoisotopic (exact) mass is 298 g/mol. The Morgan fingerprint density at radius 3 is 2.95 bits per heavy atom. The van der Waals surface area contributed by atoms with Crippen LogP contribution in [0.3, 0.4) is 0 Å². The molecular weight excluding hydrogens is 284 g/mol. The van der Waals surface area contributed by atoms with Gasteiger partial charge >= 0.3 is 0 Å². The second-order valence-electron chi connectivity index (χ2n) is 4.72. The van der Waals surface area contributed by atoms with E-state index in [1.165, 1.54) is 11.3 Å². The first-order valence-corrected chi connectivity index (χ1v) is 7.26. The number of amides is 1. The summed E-state index contributed by atoms with van der Waals surface area (Å²) in [6, 6.07) is 11.1. The van der Waals surface area contributed by atoms with Gasteiger partial charge in [-0.2, -0.15) is 0 Å². The van der Waals surface area contributed by atoms with Crippen molar-refractivity contribution in [1.82, 2.24) is 14.9 Å². The van der Waals surface area contributed by atoms with Crippen LogP contribution in [0, 0.1) is 0 Å². The van der Waals surface area contributed by atoms with Crippen LogP contribution in [0.5, 0.6) is 0 Å². The van der Waals surface area contributed by atoms with E-state index >= 15 is 0 Å². The van der Waals surface area contributed by atoms with Gasteiger partial charge in [-0.15, -0.1) is 0 Å². The first-order valence-electron chi connectivity index (χ1n) is 6.45. The predicted molar refractivity (Wildman–Crippen MR) is 84.1 cm³/mol. The quantitative estimate of drug-likeness (QED) is 0.806. The Hall–Kier alpha value is -2.47. The molecule has 0 aliphatic rings. The van der Waals surface area contributed by atoms with Gasteiger partial charge in [0, 0.05) is 18.8 Å².